The average molecular weight is 410 g/mol. The molecule has 0 saturated carbocycles. The van der Waals surface area contributed by atoms with Gasteiger partial charge in [0.15, 0.2) is 21.3 Å². The number of hydrogen-bond donors (Lipinski definition) is 1. The quantitative estimate of drug-likeness (QED) is 0.792. The van der Waals surface area contributed by atoms with Crippen molar-refractivity contribution in [2.45, 2.75) is 24.3 Å². The minimum absolute atomic E-state index is 0.110. The van der Waals surface area contributed by atoms with Crippen LogP contribution in [0.3, 0.4) is 0 Å². The molecule has 8 heteroatoms. The van der Waals surface area contributed by atoms with E-state index in [1.807, 2.05) is 12.1 Å². The molecule has 0 fully saturated rings. The number of halogens is 1. The van der Waals surface area contributed by atoms with Gasteiger partial charge >= 0.3 is 0 Å². The standard InChI is InChI=1S/C19H20ClNO5S/c1-13(15-4-2-3-5-16(15)20)21-19(22)8-11-27(23,24)14-6-7-17-18(12-14)26-10-9-25-17/h2-7,12-13H,8-11H2,1H3,(H,21,22)/t13-/m1/s1. The maximum Gasteiger partial charge on any atom is 0.221 e. The molecule has 0 aromatic heterocycles. The molecule has 0 spiro atoms. The molecule has 1 heterocycles. The summed E-state index contributed by atoms with van der Waals surface area (Å²) in [5, 5.41) is 3.33. The Hall–Kier alpha value is -2.25. The first-order valence-corrected chi connectivity index (χ1v) is 10.6. The van der Waals surface area contributed by atoms with Crippen LogP contribution < -0.4 is 14.8 Å². The van der Waals surface area contributed by atoms with Gasteiger partial charge in [-0.2, -0.15) is 0 Å². The lowest BCUT2D eigenvalue weighted by atomic mass is 10.1. The van der Waals surface area contributed by atoms with Crippen LogP contribution in [0.25, 0.3) is 0 Å². The van der Waals surface area contributed by atoms with Crippen molar-refractivity contribution in [3.8, 4) is 11.5 Å². The Morgan fingerprint density at radius 3 is 2.59 bits per heavy atom. The minimum atomic E-state index is -3.62. The SMILES string of the molecule is C[C@@H](NC(=O)CCS(=O)(=O)c1ccc2c(c1)OCCO2)c1ccccc1Cl. The van der Waals surface area contributed by atoms with Crippen molar-refractivity contribution in [1.29, 1.82) is 0 Å². The van der Waals surface area contributed by atoms with E-state index in [2.05, 4.69) is 5.32 Å². The van der Waals surface area contributed by atoms with Gasteiger partial charge in [-0.25, -0.2) is 8.42 Å². The summed E-state index contributed by atoms with van der Waals surface area (Å²) in [5.41, 5.74) is 0.780. The number of rotatable bonds is 6. The van der Waals surface area contributed by atoms with E-state index in [1.54, 1.807) is 25.1 Å². The molecule has 0 unspecified atom stereocenters. The first kappa shape index (κ1) is 19.5. The zero-order valence-corrected chi connectivity index (χ0v) is 16.3. The van der Waals surface area contributed by atoms with Gasteiger partial charge in [0.1, 0.15) is 13.2 Å². The van der Waals surface area contributed by atoms with Gasteiger partial charge < -0.3 is 14.8 Å². The summed E-state index contributed by atoms with van der Waals surface area (Å²) >= 11 is 6.12. The van der Waals surface area contributed by atoms with Crippen molar-refractivity contribution in [2.75, 3.05) is 19.0 Å². The maximum atomic E-state index is 12.5. The third-order valence-corrected chi connectivity index (χ3v) is 6.28. The Bertz CT molecular complexity index is 945. The number of benzene rings is 2. The van der Waals surface area contributed by atoms with Gasteiger partial charge in [0.05, 0.1) is 16.7 Å². The number of amides is 1. The first-order chi connectivity index (χ1) is 12.9. The predicted molar refractivity (Wildman–Crippen MR) is 102 cm³/mol. The Morgan fingerprint density at radius 2 is 1.85 bits per heavy atom. The number of fused-ring (bicyclic) bond motifs is 1. The van der Waals surface area contributed by atoms with Crippen LogP contribution in [-0.2, 0) is 14.6 Å². The molecule has 2 aromatic rings. The van der Waals surface area contributed by atoms with Crippen LogP contribution >= 0.6 is 11.6 Å². The summed E-state index contributed by atoms with van der Waals surface area (Å²) < 4.78 is 35.9. The molecule has 0 radical (unpaired) electrons. The van der Waals surface area contributed by atoms with Gasteiger partial charge in [-0.3, -0.25) is 4.79 Å². The summed E-state index contributed by atoms with van der Waals surface area (Å²) in [4.78, 5) is 12.3. The molecule has 2 aromatic carbocycles. The van der Waals surface area contributed by atoms with Crippen LogP contribution in [0.4, 0.5) is 0 Å². The number of sulfone groups is 1. The van der Waals surface area contributed by atoms with Gasteiger partial charge in [-0.1, -0.05) is 29.8 Å². The Kier molecular flexibility index (Phi) is 5.92. The van der Waals surface area contributed by atoms with Gasteiger partial charge in [0.2, 0.25) is 5.91 Å². The molecule has 1 N–H and O–H groups in total. The van der Waals surface area contributed by atoms with Crippen LogP contribution in [-0.4, -0.2) is 33.3 Å². The number of carbonyl (C=O) groups is 1. The Morgan fingerprint density at radius 1 is 1.15 bits per heavy atom. The lowest BCUT2D eigenvalue weighted by Crippen LogP contribution is -2.28. The van der Waals surface area contributed by atoms with Crippen molar-refractivity contribution in [2.24, 2.45) is 0 Å². The van der Waals surface area contributed by atoms with Crippen molar-refractivity contribution in [1.82, 2.24) is 5.32 Å². The number of nitrogens with one attached hydrogen (secondary N) is 1. The second kappa shape index (κ2) is 8.19. The monoisotopic (exact) mass is 409 g/mol. The fraction of sp³-hybridized carbons (Fsp3) is 0.316. The molecule has 1 aliphatic heterocycles. The van der Waals surface area contributed by atoms with Crippen molar-refractivity contribution < 1.29 is 22.7 Å². The van der Waals surface area contributed by atoms with Gasteiger partial charge in [-0.15, -0.1) is 0 Å². The van der Waals surface area contributed by atoms with Gasteiger partial charge in [0.25, 0.3) is 0 Å². The van der Waals surface area contributed by atoms with E-state index < -0.39 is 9.84 Å². The molecule has 1 amide bonds. The van der Waals surface area contributed by atoms with E-state index in [4.69, 9.17) is 21.1 Å². The fourth-order valence-corrected chi connectivity index (χ4v) is 4.33. The molecule has 27 heavy (non-hydrogen) atoms. The molecular weight excluding hydrogens is 390 g/mol. The average Bonchev–Trinajstić information content (AvgIpc) is 2.66. The van der Waals surface area contributed by atoms with Crippen LogP contribution in [0.2, 0.25) is 5.02 Å². The largest absolute Gasteiger partial charge is 0.486 e. The first-order valence-electron chi connectivity index (χ1n) is 8.53. The zero-order valence-electron chi connectivity index (χ0n) is 14.8. The molecular formula is C19H20ClNO5S. The summed E-state index contributed by atoms with van der Waals surface area (Å²) in [5.74, 6) is 0.266. The third kappa shape index (κ3) is 4.73. The van der Waals surface area contributed by atoms with Gasteiger partial charge in [-0.05, 0) is 30.7 Å². The topological polar surface area (TPSA) is 81.7 Å². The van der Waals surface area contributed by atoms with Crippen molar-refractivity contribution >= 4 is 27.3 Å². The number of carbonyl (C=O) groups excluding carboxylic acids is 1. The summed E-state index contributed by atoms with van der Waals surface area (Å²) in [6.45, 7) is 2.61. The second-order valence-electron chi connectivity index (χ2n) is 6.19. The van der Waals surface area contributed by atoms with E-state index in [9.17, 15) is 13.2 Å². The highest BCUT2D eigenvalue weighted by molar-refractivity contribution is 7.91. The minimum Gasteiger partial charge on any atom is -0.486 e. The highest BCUT2D eigenvalue weighted by atomic mass is 35.5. The summed E-state index contributed by atoms with van der Waals surface area (Å²) in [7, 11) is -3.62. The lowest BCUT2D eigenvalue weighted by Gasteiger charge is -2.19. The third-order valence-electron chi connectivity index (χ3n) is 4.22. The fourth-order valence-electron chi connectivity index (χ4n) is 2.78. The van der Waals surface area contributed by atoms with Crippen LogP contribution in [0.5, 0.6) is 11.5 Å². The van der Waals surface area contributed by atoms with Crippen LogP contribution in [0.15, 0.2) is 47.4 Å². The number of hydrogen-bond acceptors (Lipinski definition) is 5. The van der Waals surface area contributed by atoms with E-state index in [0.29, 0.717) is 29.7 Å². The smallest absolute Gasteiger partial charge is 0.221 e. The zero-order chi connectivity index (χ0) is 19.4. The molecule has 3 rings (SSSR count). The van der Waals surface area contributed by atoms with E-state index in [-0.39, 0.29) is 29.0 Å². The predicted octanol–water partition coefficient (Wildman–Crippen LogP) is 3.15. The van der Waals surface area contributed by atoms with E-state index in [1.165, 1.54) is 12.1 Å². The molecule has 0 saturated heterocycles. The van der Waals surface area contributed by atoms with Gasteiger partial charge in [0, 0.05) is 17.5 Å². The van der Waals surface area contributed by atoms with Crippen LogP contribution in [0, 0.1) is 0 Å². The molecule has 144 valence electrons. The highest BCUT2D eigenvalue weighted by Gasteiger charge is 2.21. The van der Waals surface area contributed by atoms with E-state index in [0.717, 1.165) is 5.56 Å². The summed E-state index contributed by atoms with van der Waals surface area (Å²) in [6, 6.07) is 11.4. The highest BCUT2D eigenvalue weighted by Crippen LogP contribution is 2.32. The van der Waals surface area contributed by atoms with Crippen molar-refractivity contribution in [3.05, 3.63) is 53.1 Å². The molecule has 6 nitrogen and oxygen atoms in total. The molecule has 1 atom stereocenters. The Balaban J connectivity index is 1.61. The van der Waals surface area contributed by atoms with Crippen LogP contribution in [0.1, 0.15) is 24.9 Å². The van der Waals surface area contributed by atoms with E-state index >= 15 is 0 Å². The maximum absolute atomic E-state index is 12.5. The molecule has 1 aliphatic rings. The summed E-state index contributed by atoms with van der Waals surface area (Å²) in [6.07, 6.45) is -0.147. The van der Waals surface area contributed by atoms with Crippen molar-refractivity contribution in [3.63, 3.8) is 0 Å². The molecule has 0 aliphatic carbocycles. The number of ether oxygens (including phenoxy) is 2. The Labute approximate surface area is 163 Å². The normalized spacial score (nSPS) is 14.4. The second-order valence-corrected chi connectivity index (χ2v) is 8.70. The molecule has 0 bridgehead atoms. The lowest BCUT2D eigenvalue weighted by molar-refractivity contribution is -0.121.